The molecule has 3 aromatic rings. The lowest BCUT2D eigenvalue weighted by Gasteiger charge is -2.29. The van der Waals surface area contributed by atoms with Gasteiger partial charge in [-0.25, -0.2) is 4.90 Å². The molecule has 0 aliphatic carbocycles. The van der Waals surface area contributed by atoms with Crippen molar-refractivity contribution in [1.29, 1.82) is 0 Å². The highest BCUT2D eigenvalue weighted by atomic mass is 79.9. The summed E-state index contributed by atoms with van der Waals surface area (Å²) >= 11 is 3.35. The van der Waals surface area contributed by atoms with E-state index in [0.717, 1.165) is 27.1 Å². The fraction of sp³-hybridized carbons (Fsp3) is 0.0435. The third-order valence-electron chi connectivity index (χ3n) is 4.70. The SMILES string of the molecule is O=C1C(=Cc2ccc(Br)cc2)c2ccccc2C(=O)N1c1cccc(C(F)(F)F)c1. The number of carbonyl (C=O) groups excluding carboxylic acids is 2. The molecule has 2 amide bonds. The molecule has 1 aliphatic rings. The van der Waals surface area contributed by atoms with Gasteiger partial charge in [0.25, 0.3) is 11.8 Å². The second kappa shape index (κ2) is 7.57. The van der Waals surface area contributed by atoms with Crippen LogP contribution in [0.4, 0.5) is 18.9 Å². The van der Waals surface area contributed by atoms with Crippen LogP contribution in [-0.4, -0.2) is 11.8 Å². The highest BCUT2D eigenvalue weighted by molar-refractivity contribution is 9.10. The minimum absolute atomic E-state index is 0.129. The predicted octanol–water partition coefficient (Wildman–Crippen LogP) is 6.20. The third-order valence-corrected chi connectivity index (χ3v) is 5.23. The first-order valence-corrected chi connectivity index (χ1v) is 9.68. The zero-order valence-corrected chi connectivity index (χ0v) is 16.9. The van der Waals surface area contributed by atoms with Gasteiger partial charge in [0.15, 0.2) is 0 Å². The molecule has 1 aliphatic heterocycles. The Bertz CT molecular complexity index is 1180. The monoisotopic (exact) mass is 471 g/mol. The molecule has 0 unspecified atom stereocenters. The van der Waals surface area contributed by atoms with E-state index in [-0.39, 0.29) is 16.8 Å². The van der Waals surface area contributed by atoms with Crippen LogP contribution in [0.5, 0.6) is 0 Å². The van der Waals surface area contributed by atoms with Crippen LogP contribution in [0.1, 0.15) is 27.0 Å². The molecule has 1 heterocycles. The van der Waals surface area contributed by atoms with Gasteiger partial charge in [-0.1, -0.05) is 52.3 Å². The van der Waals surface area contributed by atoms with Gasteiger partial charge in [-0.3, -0.25) is 9.59 Å². The van der Waals surface area contributed by atoms with Crippen LogP contribution in [0.25, 0.3) is 11.6 Å². The predicted molar refractivity (Wildman–Crippen MR) is 112 cm³/mol. The quantitative estimate of drug-likeness (QED) is 0.329. The van der Waals surface area contributed by atoms with Gasteiger partial charge in [0.1, 0.15) is 0 Å². The molecule has 0 radical (unpaired) electrons. The van der Waals surface area contributed by atoms with Gasteiger partial charge in [-0.15, -0.1) is 0 Å². The molecule has 3 nitrogen and oxygen atoms in total. The normalized spacial score (nSPS) is 15.5. The first kappa shape index (κ1) is 20.1. The van der Waals surface area contributed by atoms with Crippen molar-refractivity contribution in [2.75, 3.05) is 4.90 Å². The fourth-order valence-corrected chi connectivity index (χ4v) is 3.54. The Labute approximate surface area is 178 Å². The highest BCUT2D eigenvalue weighted by Crippen LogP contribution is 2.36. The minimum Gasteiger partial charge on any atom is -0.268 e. The van der Waals surface area contributed by atoms with Crippen molar-refractivity contribution in [3.8, 4) is 0 Å². The number of anilines is 1. The zero-order chi connectivity index (χ0) is 21.5. The lowest BCUT2D eigenvalue weighted by Crippen LogP contribution is -2.41. The molecule has 30 heavy (non-hydrogen) atoms. The van der Waals surface area contributed by atoms with Gasteiger partial charge in [-0.2, -0.15) is 13.2 Å². The Morgan fingerprint density at radius 2 is 1.47 bits per heavy atom. The van der Waals surface area contributed by atoms with Gasteiger partial charge < -0.3 is 0 Å². The number of fused-ring (bicyclic) bond motifs is 1. The van der Waals surface area contributed by atoms with Gasteiger partial charge in [-0.05, 0) is 53.6 Å². The number of carbonyl (C=O) groups is 2. The maximum atomic E-state index is 13.3. The molecule has 3 aromatic carbocycles. The number of hydrogen-bond acceptors (Lipinski definition) is 2. The molecule has 7 heteroatoms. The summed E-state index contributed by atoms with van der Waals surface area (Å²) in [5.74, 6) is -1.34. The smallest absolute Gasteiger partial charge is 0.268 e. The number of nitrogens with zero attached hydrogens (tertiary/aromatic N) is 1. The van der Waals surface area contributed by atoms with E-state index in [2.05, 4.69) is 15.9 Å². The number of alkyl halides is 3. The van der Waals surface area contributed by atoms with Crippen molar-refractivity contribution in [1.82, 2.24) is 0 Å². The topological polar surface area (TPSA) is 37.4 Å². The molecular weight excluding hydrogens is 459 g/mol. The summed E-state index contributed by atoms with van der Waals surface area (Å²) in [5.41, 5.74) is 0.574. The lowest BCUT2D eigenvalue weighted by atomic mass is 9.91. The number of rotatable bonds is 2. The molecule has 0 fully saturated rings. The molecular formula is C23H13BrF3NO2. The van der Waals surface area contributed by atoms with E-state index in [9.17, 15) is 22.8 Å². The van der Waals surface area contributed by atoms with E-state index in [0.29, 0.717) is 5.56 Å². The minimum atomic E-state index is -4.59. The standard InChI is InChI=1S/C23H13BrF3NO2/c24-16-10-8-14(9-11-16)12-20-18-6-1-2-7-19(18)21(29)28(22(20)30)17-5-3-4-15(13-17)23(25,26)27/h1-13H. The van der Waals surface area contributed by atoms with E-state index in [4.69, 9.17) is 0 Å². The van der Waals surface area contributed by atoms with Crippen LogP contribution in [0.2, 0.25) is 0 Å². The molecule has 150 valence electrons. The summed E-state index contributed by atoms with van der Waals surface area (Å²) in [6, 6.07) is 17.9. The Kier molecular flexibility index (Phi) is 5.07. The van der Waals surface area contributed by atoms with Crippen LogP contribution < -0.4 is 4.90 Å². The Balaban J connectivity index is 1.88. The summed E-state index contributed by atoms with van der Waals surface area (Å²) in [4.78, 5) is 27.1. The molecule has 0 aromatic heterocycles. The molecule has 0 saturated heterocycles. The zero-order valence-electron chi connectivity index (χ0n) is 15.3. The van der Waals surface area contributed by atoms with Crippen LogP contribution in [0.3, 0.4) is 0 Å². The molecule has 0 atom stereocenters. The average molecular weight is 472 g/mol. The highest BCUT2D eigenvalue weighted by Gasteiger charge is 2.37. The van der Waals surface area contributed by atoms with E-state index < -0.39 is 23.6 Å². The van der Waals surface area contributed by atoms with Crippen molar-refractivity contribution in [2.45, 2.75) is 6.18 Å². The number of benzene rings is 3. The number of imide groups is 1. The van der Waals surface area contributed by atoms with E-state index in [1.54, 1.807) is 54.6 Å². The fourth-order valence-electron chi connectivity index (χ4n) is 3.27. The van der Waals surface area contributed by atoms with Crippen LogP contribution >= 0.6 is 15.9 Å². The maximum Gasteiger partial charge on any atom is 0.416 e. The van der Waals surface area contributed by atoms with E-state index in [1.807, 2.05) is 0 Å². The van der Waals surface area contributed by atoms with Crippen LogP contribution in [0, 0.1) is 0 Å². The van der Waals surface area contributed by atoms with Crippen molar-refractivity contribution < 1.29 is 22.8 Å². The first-order chi connectivity index (χ1) is 14.3. The summed E-state index contributed by atoms with van der Waals surface area (Å²) in [6.07, 6.45) is -2.97. The molecule has 0 N–H and O–H groups in total. The number of halogens is 4. The van der Waals surface area contributed by atoms with Crippen LogP contribution in [0.15, 0.2) is 77.3 Å². The van der Waals surface area contributed by atoms with Crippen LogP contribution in [-0.2, 0) is 11.0 Å². The van der Waals surface area contributed by atoms with Crippen molar-refractivity contribution in [3.63, 3.8) is 0 Å². The summed E-state index contributed by atoms with van der Waals surface area (Å²) in [7, 11) is 0. The van der Waals surface area contributed by atoms with Gasteiger partial charge in [0.2, 0.25) is 0 Å². The second-order valence-corrected chi connectivity index (χ2v) is 7.56. The van der Waals surface area contributed by atoms with Gasteiger partial charge >= 0.3 is 6.18 Å². The maximum absolute atomic E-state index is 13.3. The molecule has 0 saturated carbocycles. The van der Waals surface area contributed by atoms with Crippen molar-refractivity contribution >= 4 is 45.1 Å². The summed E-state index contributed by atoms with van der Waals surface area (Å²) in [6.45, 7) is 0. The van der Waals surface area contributed by atoms with Gasteiger partial charge in [0.05, 0.1) is 11.3 Å². The average Bonchev–Trinajstić information content (AvgIpc) is 2.72. The number of amides is 2. The van der Waals surface area contributed by atoms with E-state index in [1.165, 1.54) is 12.1 Å². The third kappa shape index (κ3) is 3.68. The second-order valence-electron chi connectivity index (χ2n) is 6.65. The number of hydrogen-bond donors (Lipinski definition) is 0. The lowest BCUT2D eigenvalue weighted by molar-refractivity contribution is -0.137. The summed E-state index contributed by atoms with van der Waals surface area (Å²) < 4.78 is 40.3. The Hall–Kier alpha value is -3.19. The summed E-state index contributed by atoms with van der Waals surface area (Å²) in [5, 5.41) is 0. The van der Waals surface area contributed by atoms with Crippen molar-refractivity contribution in [3.05, 3.63) is 99.5 Å². The Morgan fingerprint density at radius 3 is 2.13 bits per heavy atom. The van der Waals surface area contributed by atoms with Crippen molar-refractivity contribution in [2.24, 2.45) is 0 Å². The molecule has 4 rings (SSSR count). The largest absolute Gasteiger partial charge is 0.416 e. The first-order valence-electron chi connectivity index (χ1n) is 8.88. The molecule has 0 bridgehead atoms. The Morgan fingerprint density at radius 1 is 0.800 bits per heavy atom. The molecule has 0 spiro atoms. The van der Waals surface area contributed by atoms with Gasteiger partial charge in [0, 0.05) is 15.6 Å². The van der Waals surface area contributed by atoms with E-state index >= 15 is 0 Å².